The fourth-order valence-corrected chi connectivity index (χ4v) is 2.56. The molecule has 0 saturated carbocycles. The molecule has 0 aliphatic carbocycles. The third kappa shape index (κ3) is 2.66. The van der Waals surface area contributed by atoms with Gasteiger partial charge >= 0.3 is 0 Å². The molecule has 3 aromatic rings. The van der Waals surface area contributed by atoms with E-state index in [2.05, 4.69) is 21.4 Å². The number of ether oxygens (including phenoxy) is 1. The highest BCUT2D eigenvalue weighted by atomic mass is 32.1. The van der Waals surface area contributed by atoms with Crippen LogP contribution in [0.4, 0.5) is 5.69 Å². The summed E-state index contributed by atoms with van der Waals surface area (Å²) in [5, 5.41) is 2.96. The summed E-state index contributed by atoms with van der Waals surface area (Å²) < 4.78 is 5.75. The molecule has 0 fully saturated rings. The van der Waals surface area contributed by atoms with Crippen LogP contribution >= 0.6 is 11.3 Å². The Bertz CT molecular complexity index is 682. The van der Waals surface area contributed by atoms with Crippen molar-refractivity contribution in [3.05, 3.63) is 46.9 Å². The van der Waals surface area contributed by atoms with Crippen LogP contribution in [0.15, 0.2) is 42.0 Å². The van der Waals surface area contributed by atoms with Gasteiger partial charge < -0.3 is 10.5 Å². The molecule has 5 heteroatoms. The lowest BCUT2D eigenvalue weighted by Crippen LogP contribution is -2.02. The quantitative estimate of drug-likeness (QED) is 0.741. The van der Waals surface area contributed by atoms with Gasteiger partial charge in [-0.1, -0.05) is 6.07 Å². The van der Waals surface area contributed by atoms with E-state index >= 15 is 0 Å². The zero-order valence-electron chi connectivity index (χ0n) is 10.2. The van der Waals surface area contributed by atoms with E-state index < -0.39 is 0 Å². The highest BCUT2D eigenvalue weighted by Crippen LogP contribution is 2.23. The smallest absolute Gasteiger partial charge is 0.224 e. The van der Waals surface area contributed by atoms with E-state index in [4.69, 9.17) is 10.5 Å². The SMILES string of the molecule is Nc1ccc2c(OCCc3cccs3)ncnc2c1. The Hall–Kier alpha value is -2.14. The molecule has 0 aliphatic heterocycles. The minimum absolute atomic E-state index is 0.608. The van der Waals surface area contributed by atoms with Gasteiger partial charge in [0.1, 0.15) is 6.33 Å². The Morgan fingerprint density at radius 1 is 1.21 bits per heavy atom. The lowest BCUT2D eigenvalue weighted by atomic mass is 10.2. The Kier molecular flexibility index (Phi) is 3.29. The van der Waals surface area contributed by atoms with Gasteiger partial charge in [0.25, 0.3) is 0 Å². The number of benzene rings is 1. The van der Waals surface area contributed by atoms with Gasteiger partial charge in [-0.3, -0.25) is 0 Å². The van der Waals surface area contributed by atoms with Crippen LogP contribution in [0.2, 0.25) is 0 Å². The fourth-order valence-electron chi connectivity index (χ4n) is 1.87. The van der Waals surface area contributed by atoms with Crippen molar-refractivity contribution < 1.29 is 4.74 Å². The van der Waals surface area contributed by atoms with E-state index in [1.165, 1.54) is 11.2 Å². The van der Waals surface area contributed by atoms with Crippen molar-refractivity contribution in [1.29, 1.82) is 0 Å². The van der Waals surface area contributed by atoms with Crippen molar-refractivity contribution in [3.8, 4) is 5.88 Å². The molecule has 0 aliphatic rings. The van der Waals surface area contributed by atoms with Crippen LogP contribution < -0.4 is 10.5 Å². The number of hydrogen-bond acceptors (Lipinski definition) is 5. The van der Waals surface area contributed by atoms with E-state index in [9.17, 15) is 0 Å². The summed E-state index contributed by atoms with van der Waals surface area (Å²) in [6, 6.07) is 9.70. The first-order valence-electron chi connectivity index (χ1n) is 5.98. The predicted molar refractivity (Wildman–Crippen MR) is 77.5 cm³/mol. The summed E-state index contributed by atoms with van der Waals surface area (Å²) in [4.78, 5) is 9.68. The second kappa shape index (κ2) is 5.24. The lowest BCUT2D eigenvalue weighted by Gasteiger charge is -2.07. The number of thiophene rings is 1. The van der Waals surface area contributed by atoms with Crippen molar-refractivity contribution >= 4 is 27.9 Å². The van der Waals surface area contributed by atoms with E-state index in [0.717, 1.165) is 17.3 Å². The minimum Gasteiger partial charge on any atom is -0.477 e. The summed E-state index contributed by atoms with van der Waals surface area (Å²) >= 11 is 1.73. The van der Waals surface area contributed by atoms with Crippen molar-refractivity contribution in [2.24, 2.45) is 0 Å². The van der Waals surface area contributed by atoms with Gasteiger partial charge in [0.15, 0.2) is 0 Å². The molecular formula is C14H13N3OS. The van der Waals surface area contributed by atoms with Crippen LogP contribution in [0.1, 0.15) is 4.88 Å². The van der Waals surface area contributed by atoms with E-state index in [0.29, 0.717) is 18.2 Å². The Labute approximate surface area is 114 Å². The molecule has 0 saturated heterocycles. The van der Waals surface area contributed by atoms with Gasteiger partial charge in [0.05, 0.1) is 17.5 Å². The minimum atomic E-state index is 0.608. The molecule has 0 spiro atoms. The summed E-state index contributed by atoms with van der Waals surface area (Å²) in [5.41, 5.74) is 7.24. The molecule has 3 rings (SSSR count). The largest absolute Gasteiger partial charge is 0.477 e. The van der Waals surface area contributed by atoms with E-state index in [1.54, 1.807) is 11.3 Å². The maximum atomic E-state index is 5.75. The first-order chi connectivity index (χ1) is 9.33. The third-order valence-electron chi connectivity index (χ3n) is 2.79. The predicted octanol–water partition coefficient (Wildman–Crippen LogP) is 2.90. The zero-order chi connectivity index (χ0) is 13.1. The van der Waals surface area contributed by atoms with Crippen molar-refractivity contribution in [3.63, 3.8) is 0 Å². The number of fused-ring (bicyclic) bond motifs is 1. The van der Waals surface area contributed by atoms with Crippen LogP contribution in [-0.2, 0) is 6.42 Å². The molecule has 2 heterocycles. The standard InChI is InChI=1S/C14H13N3OS/c15-10-3-4-12-13(8-10)16-9-17-14(12)18-6-5-11-2-1-7-19-11/h1-4,7-9H,5-6,15H2. The fraction of sp³-hybridized carbons (Fsp3) is 0.143. The maximum absolute atomic E-state index is 5.75. The molecule has 0 atom stereocenters. The lowest BCUT2D eigenvalue weighted by molar-refractivity contribution is 0.314. The molecule has 4 nitrogen and oxygen atoms in total. The van der Waals surface area contributed by atoms with Gasteiger partial charge in [0.2, 0.25) is 5.88 Å². The van der Waals surface area contributed by atoms with Crippen LogP contribution in [0.3, 0.4) is 0 Å². The zero-order valence-corrected chi connectivity index (χ0v) is 11.1. The molecular weight excluding hydrogens is 258 g/mol. The molecule has 96 valence electrons. The number of aromatic nitrogens is 2. The average Bonchev–Trinajstić information content (AvgIpc) is 2.92. The average molecular weight is 271 g/mol. The molecule has 0 amide bonds. The number of nitrogen functional groups attached to an aromatic ring is 1. The number of anilines is 1. The van der Waals surface area contributed by atoms with Gasteiger partial charge in [-0.05, 0) is 29.6 Å². The number of hydrogen-bond donors (Lipinski definition) is 1. The van der Waals surface area contributed by atoms with E-state index in [1.807, 2.05) is 24.3 Å². The Morgan fingerprint density at radius 2 is 2.16 bits per heavy atom. The highest BCUT2D eigenvalue weighted by Gasteiger charge is 2.05. The number of rotatable bonds is 4. The molecule has 0 unspecified atom stereocenters. The Morgan fingerprint density at radius 3 is 3.00 bits per heavy atom. The molecule has 2 N–H and O–H groups in total. The normalized spacial score (nSPS) is 10.7. The molecule has 0 radical (unpaired) electrons. The second-order valence-electron chi connectivity index (χ2n) is 4.13. The monoisotopic (exact) mass is 271 g/mol. The van der Waals surface area contributed by atoms with Gasteiger partial charge in [-0.25, -0.2) is 9.97 Å². The first-order valence-corrected chi connectivity index (χ1v) is 6.86. The third-order valence-corrected chi connectivity index (χ3v) is 3.73. The maximum Gasteiger partial charge on any atom is 0.224 e. The van der Waals surface area contributed by atoms with Gasteiger partial charge in [0, 0.05) is 17.0 Å². The van der Waals surface area contributed by atoms with Gasteiger partial charge in [-0.15, -0.1) is 11.3 Å². The topological polar surface area (TPSA) is 61.0 Å². The van der Waals surface area contributed by atoms with E-state index in [-0.39, 0.29) is 0 Å². The summed E-state index contributed by atoms with van der Waals surface area (Å²) in [6.45, 7) is 0.608. The molecule has 19 heavy (non-hydrogen) atoms. The highest BCUT2D eigenvalue weighted by molar-refractivity contribution is 7.09. The Balaban J connectivity index is 1.77. The van der Waals surface area contributed by atoms with Crippen LogP contribution in [0, 0.1) is 0 Å². The molecule has 2 aromatic heterocycles. The van der Waals surface area contributed by atoms with Crippen LogP contribution in [0.5, 0.6) is 5.88 Å². The number of nitrogens with two attached hydrogens (primary N) is 1. The molecule has 1 aromatic carbocycles. The van der Waals surface area contributed by atoms with Crippen molar-refractivity contribution in [2.75, 3.05) is 12.3 Å². The van der Waals surface area contributed by atoms with Crippen LogP contribution in [-0.4, -0.2) is 16.6 Å². The first kappa shape index (κ1) is 11.9. The van der Waals surface area contributed by atoms with Gasteiger partial charge in [-0.2, -0.15) is 0 Å². The summed E-state index contributed by atoms with van der Waals surface area (Å²) in [5.74, 6) is 0.613. The van der Waals surface area contributed by atoms with Crippen LogP contribution in [0.25, 0.3) is 10.9 Å². The molecule has 0 bridgehead atoms. The second-order valence-corrected chi connectivity index (χ2v) is 5.17. The van der Waals surface area contributed by atoms with Crippen molar-refractivity contribution in [2.45, 2.75) is 6.42 Å². The van der Waals surface area contributed by atoms with Crippen molar-refractivity contribution in [1.82, 2.24) is 9.97 Å². The number of nitrogens with zero attached hydrogens (tertiary/aromatic N) is 2. The summed E-state index contributed by atoms with van der Waals surface area (Å²) in [6.07, 6.45) is 2.39. The summed E-state index contributed by atoms with van der Waals surface area (Å²) in [7, 11) is 0.